The van der Waals surface area contributed by atoms with E-state index >= 15 is 0 Å². The Balaban J connectivity index is 2.71. The summed E-state index contributed by atoms with van der Waals surface area (Å²) >= 11 is 0. The van der Waals surface area contributed by atoms with E-state index in [0.717, 1.165) is 11.3 Å². The van der Waals surface area contributed by atoms with Crippen LogP contribution in [0.2, 0.25) is 0 Å². The Kier molecular flexibility index (Phi) is 4.26. The van der Waals surface area contributed by atoms with Crippen molar-refractivity contribution >= 4 is 5.69 Å². The molecule has 1 rings (SSSR count). The lowest BCUT2D eigenvalue weighted by Crippen LogP contribution is -2.46. The maximum absolute atomic E-state index is 6.13. The maximum atomic E-state index is 6.13. The van der Waals surface area contributed by atoms with Gasteiger partial charge in [0.25, 0.3) is 0 Å². The maximum Gasteiger partial charge on any atom is 0.0779 e. The van der Waals surface area contributed by atoms with Gasteiger partial charge in [-0.3, -0.25) is 4.98 Å². The molecule has 1 aromatic heterocycles. The number of pyridine rings is 1. The van der Waals surface area contributed by atoms with Crippen molar-refractivity contribution in [1.82, 2.24) is 4.98 Å². The van der Waals surface area contributed by atoms with Gasteiger partial charge in [0.2, 0.25) is 0 Å². The molecule has 0 saturated carbocycles. The molecule has 1 atom stereocenters. The van der Waals surface area contributed by atoms with E-state index in [1.165, 1.54) is 0 Å². The van der Waals surface area contributed by atoms with Gasteiger partial charge in [-0.2, -0.15) is 0 Å². The van der Waals surface area contributed by atoms with Crippen LogP contribution >= 0.6 is 0 Å². The zero-order valence-electron chi connectivity index (χ0n) is 10.2. The van der Waals surface area contributed by atoms with E-state index in [0.29, 0.717) is 13.0 Å². The van der Waals surface area contributed by atoms with E-state index in [-0.39, 0.29) is 11.6 Å². The molecule has 0 aliphatic carbocycles. The minimum atomic E-state index is -0.350. The Morgan fingerprint density at radius 2 is 2.19 bits per heavy atom. The molecule has 0 bridgehead atoms. The monoisotopic (exact) mass is 223 g/mol. The third kappa shape index (κ3) is 3.18. The van der Waals surface area contributed by atoms with Crippen molar-refractivity contribution in [2.24, 2.45) is 5.73 Å². The Morgan fingerprint density at radius 3 is 2.75 bits per heavy atom. The van der Waals surface area contributed by atoms with E-state index in [1.807, 2.05) is 20.8 Å². The molecule has 4 heteroatoms. The van der Waals surface area contributed by atoms with E-state index in [4.69, 9.17) is 16.2 Å². The molecule has 0 saturated heterocycles. The highest BCUT2D eigenvalue weighted by Gasteiger charge is 2.27. The number of hydrogen-bond acceptors (Lipinski definition) is 4. The van der Waals surface area contributed by atoms with Crippen LogP contribution in [0.15, 0.2) is 18.5 Å². The lowest BCUT2D eigenvalue weighted by atomic mass is 9.93. The second-order valence-corrected chi connectivity index (χ2v) is 4.42. The van der Waals surface area contributed by atoms with Gasteiger partial charge in [0.05, 0.1) is 5.60 Å². The molecule has 90 valence electrons. The molecule has 1 heterocycles. The van der Waals surface area contributed by atoms with E-state index < -0.39 is 0 Å². The van der Waals surface area contributed by atoms with Crippen LogP contribution in [-0.2, 0) is 11.2 Å². The van der Waals surface area contributed by atoms with E-state index in [2.05, 4.69) is 4.98 Å². The first-order chi connectivity index (χ1) is 7.47. The zero-order valence-corrected chi connectivity index (χ0v) is 10.2. The number of nitrogen functional groups attached to an aromatic ring is 1. The zero-order chi connectivity index (χ0) is 12.2. The molecule has 4 N–H and O–H groups in total. The van der Waals surface area contributed by atoms with E-state index in [9.17, 15) is 0 Å². The quantitative estimate of drug-likeness (QED) is 0.790. The van der Waals surface area contributed by atoms with Gasteiger partial charge < -0.3 is 16.2 Å². The summed E-state index contributed by atoms with van der Waals surface area (Å²) in [4.78, 5) is 4.05. The van der Waals surface area contributed by atoms with Gasteiger partial charge in [0.15, 0.2) is 0 Å². The van der Waals surface area contributed by atoms with Crippen molar-refractivity contribution in [1.29, 1.82) is 0 Å². The van der Waals surface area contributed by atoms with Crippen LogP contribution in [0, 0.1) is 0 Å². The van der Waals surface area contributed by atoms with Crippen molar-refractivity contribution in [3.63, 3.8) is 0 Å². The molecule has 0 aliphatic heterocycles. The minimum absolute atomic E-state index is 0.0982. The van der Waals surface area contributed by atoms with Gasteiger partial charge in [-0.25, -0.2) is 0 Å². The molecular weight excluding hydrogens is 202 g/mol. The van der Waals surface area contributed by atoms with Crippen LogP contribution in [0.3, 0.4) is 0 Å². The number of aromatic nitrogens is 1. The number of hydrogen-bond donors (Lipinski definition) is 2. The first kappa shape index (κ1) is 12.9. The third-order valence-electron chi connectivity index (χ3n) is 2.79. The molecule has 0 fully saturated rings. The Morgan fingerprint density at radius 1 is 1.50 bits per heavy atom. The standard InChI is InChI=1S/C12H21N3O/c1-4-16-12(2,3)11(14)7-9-8-15-6-5-10(9)13/h5-6,8,11H,4,7,14H2,1-3H3,(H2,13,15). The Labute approximate surface area is 97.0 Å². The van der Waals surface area contributed by atoms with Gasteiger partial charge in [-0.05, 0) is 38.8 Å². The summed E-state index contributed by atoms with van der Waals surface area (Å²) in [6, 6.07) is 1.69. The topological polar surface area (TPSA) is 74.2 Å². The lowest BCUT2D eigenvalue weighted by molar-refractivity contribution is -0.0288. The molecule has 1 unspecified atom stereocenters. The fourth-order valence-electron chi connectivity index (χ4n) is 1.57. The van der Waals surface area contributed by atoms with Crippen LogP contribution in [0.4, 0.5) is 5.69 Å². The van der Waals surface area contributed by atoms with Gasteiger partial charge in [-0.1, -0.05) is 0 Å². The summed E-state index contributed by atoms with van der Waals surface area (Å²) in [6.07, 6.45) is 4.11. The van der Waals surface area contributed by atoms with Crippen LogP contribution in [-0.4, -0.2) is 23.2 Å². The molecule has 1 aromatic rings. The normalized spacial score (nSPS) is 13.8. The second kappa shape index (κ2) is 5.27. The average Bonchev–Trinajstić information content (AvgIpc) is 2.21. The predicted octanol–water partition coefficient (Wildman–Crippen LogP) is 1.35. The van der Waals surface area contributed by atoms with Crippen molar-refractivity contribution in [3.8, 4) is 0 Å². The average molecular weight is 223 g/mol. The SMILES string of the molecule is CCOC(C)(C)C(N)Cc1cnccc1N. The van der Waals surface area contributed by atoms with Crippen LogP contribution < -0.4 is 11.5 Å². The molecule has 0 radical (unpaired) electrons. The van der Waals surface area contributed by atoms with Gasteiger partial charge in [0, 0.05) is 30.7 Å². The van der Waals surface area contributed by atoms with Crippen molar-refractivity contribution in [3.05, 3.63) is 24.0 Å². The Bertz CT molecular complexity index is 339. The summed E-state index contributed by atoms with van der Waals surface area (Å²) < 4.78 is 5.62. The highest BCUT2D eigenvalue weighted by atomic mass is 16.5. The summed E-state index contributed by atoms with van der Waals surface area (Å²) in [5.41, 5.74) is 13.3. The van der Waals surface area contributed by atoms with Crippen LogP contribution in [0.25, 0.3) is 0 Å². The lowest BCUT2D eigenvalue weighted by Gasteiger charge is -2.31. The summed E-state index contributed by atoms with van der Waals surface area (Å²) in [5, 5.41) is 0. The molecule has 0 aliphatic rings. The largest absolute Gasteiger partial charge is 0.398 e. The fraction of sp³-hybridized carbons (Fsp3) is 0.583. The van der Waals surface area contributed by atoms with Gasteiger partial charge >= 0.3 is 0 Å². The number of nitrogens with zero attached hydrogens (tertiary/aromatic N) is 1. The smallest absolute Gasteiger partial charge is 0.0779 e. The van der Waals surface area contributed by atoms with E-state index in [1.54, 1.807) is 18.5 Å². The molecular formula is C12H21N3O. The number of ether oxygens (including phenoxy) is 1. The van der Waals surface area contributed by atoms with Crippen LogP contribution in [0.1, 0.15) is 26.3 Å². The number of anilines is 1. The third-order valence-corrected chi connectivity index (χ3v) is 2.79. The highest BCUT2D eigenvalue weighted by Crippen LogP contribution is 2.19. The second-order valence-electron chi connectivity index (χ2n) is 4.42. The van der Waals surface area contributed by atoms with Crippen molar-refractivity contribution in [2.75, 3.05) is 12.3 Å². The molecule has 4 nitrogen and oxygen atoms in total. The predicted molar refractivity (Wildman–Crippen MR) is 66.0 cm³/mol. The first-order valence-electron chi connectivity index (χ1n) is 5.55. The fourth-order valence-corrected chi connectivity index (χ4v) is 1.57. The summed E-state index contributed by atoms with van der Waals surface area (Å²) in [6.45, 7) is 6.61. The summed E-state index contributed by atoms with van der Waals surface area (Å²) in [7, 11) is 0. The van der Waals surface area contributed by atoms with Crippen LogP contribution in [0.5, 0.6) is 0 Å². The number of nitrogens with two attached hydrogens (primary N) is 2. The molecule has 0 amide bonds. The first-order valence-corrected chi connectivity index (χ1v) is 5.55. The number of rotatable bonds is 5. The summed E-state index contributed by atoms with van der Waals surface area (Å²) in [5.74, 6) is 0. The molecule has 16 heavy (non-hydrogen) atoms. The van der Waals surface area contributed by atoms with Gasteiger partial charge in [-0.15, -0.1) is 0 Å². The van der Waals surface area contributed by atoms with Crippen molar-refractivity contribution < 1.29 is 4.74 Å². The highest BCUT2D eigenvalue weighted by molar-refractivity contribution is 5.44. The van der Waals surface area contributed by atoms with Gasteiger partial charge in [0.1, 0.15) is 0 Å². The van der Waals surface area contributed by atoms with Crippen molar-refractivity contribution in [2.45, 2.75) is 38.8 Å². The molecule has 0 spiro atoms. The minimum Gasteiger partial charge on any atom is -0.398 e. The Hall–Kier alpha value is -1.13. The molecule has 0 aromatic carbocycles.